The maximum absolute atomic E-state index is 13.3. The molecule has 0 aliphatic rings. The average Bonchev–Trinajstić information content (AvgIpc) is 2.20. The zero-order chi connectivity index (χ0) is 12.3. The van der Waals surface area contributed by atoms with E-state index in [1.165, 1.54) is 0 Å². The van der Waals surface area contributed by atoms with Gasteiger partial charge in [0.05, 0.1) is 4.92 Å². The number of hydrogen-bond donors (Lipinski definition) is 0. The summed E-state index contributed by atoms with van der Waals surface area (Å²) in [5.74, 6) is -0.933. The van der Waals surface area contributed by atoms with E-state index in [1.807, 2.05) is 0 Å². The first-order valence-corrected chi connectivity index (χ1v) is 4.87. The Morgan fingerprint density at radius 2 is 2.12 bits per heavy atom. The number of nitro benzene ring substituents is 1. The third kappa shape index (κ3) is 2.85. The average molecular weight is 225 g/mol. The second-order valence-electron chi connectivity index (χ2n) is 3.83. The van der Waals surface area contributed by atoms with Crippen molar-refractivity contribution in [3.05, 3.63) is 39.7 Å². The van der Waals surface area contributed by atoms with Crippen LogP contribution in [0.15, 0.2) is 18.2 Å². The Hall–Kier alpha value is -1.78. The highest BCUT2D eigenvalue weighted by atomic mass is 19.1. The van der Waals surface area contributed by atoms with Gasteiger partial charge in [-0.1, -0.05) is 13.8 Å². The molecule has 0 aromatic heterocycles. The molecule has 86 valence electrons. The summed E-state index contributed by atoms with van der Waals surface area (Å²) >= 11 is 0. The van der Waals surface area contributed by atoms with Crippen LogP contribution < -0.4 is 0 Å². The molecule has 0 N–H and O–H groups in total. The molecule has 0 fully saturated rings. The van der Waals surface area contributed by atoms with E-state index >= 15 is 0 Å². The second-order valence-corrected chi connectivity index (χ2v) is 3.83. The van der Waals surface area contributed by atoms with Crippen molar-refractivity contribution in [2.24, 2.45) is 5.92 Å². The Morgan fingerprint density at radius 3 is 2.62 bits per heavy atom. The molecular weight excluding hydrogens is 213 g/mol. The molecule has 1 aromatic rings. The van der Waals surface area contributed by atoms with Crippen molar-refractivity contribution in [3.63, 3.8) is 0 Å². The molecule has 0 amide bonds. The standard InChI is InChI=1S/C11H12FNO3/c1-7(2)11(14)6-8-5-9(13(15)16)3-4-10(8)12/h3-5,7H,6H2,1-2H3. The number of hydrogen-bond acceptors (Lipinski definition) is 3. The maximum Gasteiger partial charge on any atom is 0.269 e. The number of carbonyl (C=O) groups is 1. The van der Waals surface area contributed by atoms with Gasteiger partial charge in [0.2, 0.25) is 0 Å². The van der Waals surface area contributed by atoms with Gasteiger partial charge in [0.15, 0.2) is 0 Å². The molecule has 0 saturated heterocycles. The molecule has 0 spiro atoms. The molecule has 0 bridgehead atoms. The van der Waals surface area contributed by atoms with Gasteiger partial charge < -0.3 is 0 Å². The molecule has 0 aliphatic heterocycles. The Morgan fingerprint density at radius 1 is 1.50 bits per heavy atom. The van der Waals surface area contributed by atoms with Gasteiger partial charge in [-0.2, -0.15) is 0 Å². The number of non-ortho nitro benzene ring substituents is 1. The van der Waals surface area contributed by atoms with Crippen molar-refractivity contribution in [1.82, 2.24) is 0 Å². The van der Waals surface area contributed by atoms with Crippen molar-refractivity contribution in [3.8, 4) is 0 Å². The fraction of sp³-hybridized carbons (Fsp3) is 0.364. The van der Waals surface area contributed by atoms with E-state index < -0.39 is 10.7 Å². The van der Waals surface area contributed by atoms with E-state index in [-0.39, 0.29) is 29.4 Å². The van der Waals surface area contributed by atoms with E-state index in [2.05, 4.69) is 0 Å². The van der Waals surface area contributed by atoms with Crippen LogP contribution in [0.3, 0.4) is 0 Å². The zero-order valence-electron chi connectivity index (χ0n) is 9.07. The van der Waals surface area contributed by atoms with Crippen LogP contribution in [0.1, 0.15) is 19.4 Å². The minimum absolute atomic E-state index is 0.0768. The van der Waals surface area contributed by atoms with Gasteiger partial charge >= 0.3 is 0 Å². The first-order chi connectivity index (χ1) is 7.41. The Labute approximate surface area is 92.2 Å². The molecule has 4 nitrogen and oxygen atoms in total. The van der Waals surface area contributed by atoms with Crippen LogP contribution in [0.25, 0.3) is 0 Å². The molecule has 0 saturated carbocycles. The van der Waals surface area contributed by atoms with E-state index in [1.54, 1.807) is 13.8 Å². The fourth-order valence-electron chi connectivity index (χ4n) is 1.20. The van der Waals surface area contributed by atoms with Gasteiger partial charge in [-0.25, -0.2) is 4.39 Å². The minimum atomic E-state index is -0.608. The fourth-order valence-corrected chi connectivity index (χ4v) is 1.20. The number of halogens is 1. The summed E-state index contributed by atoms with van der Waals surface area (Å²) in [6.07, 6.45) is -0.106. The third-order valence-corrected chi connectivity index (χ3v) is 2.25. The maximum atomic E-state index is 13.3. The van der Waals surface area contributed by atoms with Crippen LogP contribution >= 0.6 is 0 Å². The zero-order valence-corrected chi connectivity index (χ0v) is 9.07. The summed E-state index contributed by atoms with van der Waals surface area (Å²) in [6.45, 7) is 3.41. The molecule has 0 unspecified atom stereocenters. The van der Waals surface area contributed by atoms with E-state index in [4.69, 9.17) is 0 Å². The predicted molar refractivity (Wildman–Crippen MR) is 56.6 cm³/mol. The Kier molecular flexibility index (Phi) is 3.71. The third-order valence-electron chi connectivity index (χ3n) is 2.25. The molecule has 16 heavy (non-hydrogen) atoms. The Balaban J connectivity index is 2.99. The van der Waals surface area contributed by atoms with Crippen molar-refractivity contribution >= 4 is 11.5 Å². The van der Waals surface area contributed by atoms with Crippen molar-refractivity contribution in [1.29, 1.82) is 0 Å². The number of carbonyl (C=O) groups excluding carboxylic acids is 1. The molecule has 5 heteroatoms. The summed E-state index contributed by atoms with van der Waals surface area (Å²) in [4.78, 5) is 21.3. The number of benzene rings is 1. The monoisotopic (exact) mass is 225 g/mol. The SMILES string of the molecule is CC(C)C(=O)Cc1cc([N+](=O)[O-])ccc1F. The largest absolute Gasteiger partial charge is 0.299 e. The molecule has 0 atom stereocenters. The van der Waals surface area contributed by atoms with Crippen molar-refractivity contribution in [2.45, 2.75) is 20.3 Å². The molecule has 0 heterocycles. The molecular formula is C11H12FNO3. The lowest BCUT2D eigenvalue weighted by Gasteiger charge is -2.05. The predicted octanol–water partition coefficient (Wildman–Crippen LogP) is 2.50. The highest BCUT2D eigenvalue weighted by Crippen LogP contribution is 2.18. The second kappa shape index (κ2) is 4.83. The Bertz CT molecular complexity index is 429. The number of nitro groups is 1. The van der Waals surface area contributed by atoms with Crippen LogP contribution in [-0.4, -0.2) is 10.7 Å². The summed E-state index contributed by atoms with van der Waals surface area (Å²) in [5, 5.41) is 10.5. The minimum Gasteiger partial charge on any atom is -0.299 e. The number of ketones is 1. The van der Waals surface area contributed by atoms with Crippen LogP contribution in [0, 0.1) is 21.8 Å². The highest BCUT2D eigenvalue weighted by Gasteiger charge is 2.15. The summed E-state index contributed by atoms with van der Waals surface area (Å²) in [6, 6.07) is 3.20. The lowest BCUT2D eigenvalue weighted by molar-refractivity contribution is -0.385. The first kappa shape index (κ1) is 12.3. The van der Waals surface area contributed by atoms with Crippen LogP contribution in [0.4, 0.5) is 10.1 Å². The van der Waals surface area contributed by atoms with Crippen LogP contribution in [0.5, 0.6) is 0 Å². The van der Waals surface area contributed by atoms with Gasteiger partial charge in [-0.05, 0) is 6.07 Å². The number of nitrogens with zero attached hydrogens (tertiary/aromatic N) is 1. The number of Topliss-reactive ketones (excluding diaryl/α,β-unsaturated/α-hetero) is 1. The quantitative estimate of drug-likeness (QED) is 0.584. The van der Waals surface area contributed by atoms with Gasteiger partial charge in [-0.3, -0.25) is 14.9 Å². The normalized spacial score (nSPS) is 10.5. The van der Waals surface area contributed by atoms with Gasteiger partial charge in [-0.15, -0.1) is 0 Å². The number of rotatable bonds is 4. The lowest BCUT2D eigenvalue weighted by Crippen LogP contribution is -2.11. The van der Waals surface area contributed by atoms with E-state index in [9.17, 15) is 19.3 Å². The topological polar surface area (TPSA) is 60.2 Å². The van der Waals surface area contributed by atoms with Crippen molar-refractivity contribution < 1.29 is 14.1 Å². The van der Waals surface area contributed by atoms with E-state index in [0.29, 0.717) is 0 Å². The molecule has 0 radical (unpaired) electrons. The van der Waals surface area contributed by atoms with Gasteiger partial charge in [0.1, 0.15) is 11.6 Å². The van der Waals surface area contributed by atoms with Crippen molar-refractivity contribution in [2.75, 3.05) is 0 Å². The summed E-state index contributed by atoms with van der Waals surface area (Å²) in [7, 11) is 0. The molecule has 0 aliphatic carbocycles. The molecule has 1 rings (SSSR count). The first-order valence-electron chi connectivity index (χ1n) is 4.87. The van der Waals surface area contributed by atoms with Gasteiger partial charge in [0, 0.05) is 30.0 Å². The highest BCUT2D eigenvalue weighted by molar-refractivity contribution is 5.82. The molecule has 1 aromatic carbocycles. The summed E-state index contributed by atoms with van der Waals surface area (Å²) < 4.78 is 13.3. The van der Waals surface area contributed by atoms with Gasteiger partial charge in [0.25, 0.3) is 5.69 Å². The van der Waals surface area contributed by atoms with E-state index in [0.717, 1.165) is 18.2 Å². The lowest BCUT2D eigenvalue weighted by atomic mass is 10.0. The smallest absolute Gasteiger partial charge is 0.269 e. The summed E-state index contributed by atoms with van der Waals surface area (Å²) in [5.41, 5.74) is -0.124. The van der Waals surface area contributed by atoms with Crippen LogP contribution in [-0.2, 0) is 11.2 Å². The van der Waals surface area contributed by atoms with Crippen LogP contribution in [0.2, 0.25) is 0 Å².